The van der Waals surface area contributed by atoms with Crippen LogP contribution in [0.5, 0.6) is 11.5 Å². The molecule has 1 aromatic carbocycles. The lowest BCUT2D eigenvalue weighted by Crippen LogP contribution is -2.41. The fraction of sp³-hybridized carbons (Fsp3) is 0.500. The molecular formula is C18H18F6N2O7. The number of likely N-dealkylation sites (N-methyl/N-ethyl adjacent to an activating group) is 1. The number of esters is 1. The average Bonchev–Trinajstić information content (AvgIpc) is 2.64. The van der Waals surface area contributed by atoms with Crippen LogP contribution in [0.15, 0.2) is 17.7 Å². The second kappa shape index (κ2) is 10.1. The SMILES string of the molecule is Cc1cc(OC(F)(F)F)cc2c1OC(C(F)(F)F)C(C(=O)OCCN(C)CCO[N+](=O)[O-])=C2. The fourth-order valence-electron chi connectivity index (χ4n) is 2.82. The van der Waals surface area contributed by atoms with Gasteiger partial charge in [-0.05, 0) is 37.7 Å². The molecule has 33 heavy (non-hydrogen) atoms. The smallest absolute Gasteiger partial charge is 0.475 e. The summed E-state index contributed by atoms with van der Waals surface area (Å²) in [6.07, 6.45) is -12.0. The number of halogens is 6. The second-order valence-corrected chi connectivity index (χ2v) is 6.84. The van der Waals surface area contributed by atoms with Crippen LogP contribution >= 0.6 is 0 Å². The van der Waals surface area contributed by atoms with Gasteiger partial charge in [-0.15, -0.1) is 23.3 Å². The van der Waals surface area contributed by atoms with Gasteiger partial charge in [-0.3, -0.25) is 0 Å². The van der Waals surface area contributed by atoms with Gasteiger partial charge in [0.25, 0.3) is 5.09 Å². The quantitative estimate of drug-likeness (QED) is 0.226. The molecule has 1 heterocycles. The maximum absolute atomic E-state index is 13.5. The monoisotopic (exact) mass is 488 g/mol. The molecule has 0 radical (unpaired) electrons. The number of alkyl halides is 6. The topological polar surface area (TPSA) is 100 Å². The first-order chi connectivity index (χ1) is 15.2. The number of hydrogen-bond acceptors (Lipinski definition) is 8. The average molecular weight is 488 g/mol. The van der Waals surface area contributed by atoms with Crippen molar-refractivity contribution in [2.24, 2.45) is 0 Å². The van der Waals surface area contributed by atoms with Crippen LogP contribution in [-0.4, -0.2) is 67.9 Å². The molecule has 0 bridgehead atoms. The highest BCUT2D eigenvalue weighted by molar-refractivity contribution is 5.96. The van der Waals surface area contributed by atoms with E-state index in [1.54, 1.807) is 0 Å². The molecule has 1 aliphatic heterocycles. The number of rotatable bonds is 9. The normalized spacial score (nSPS) is 15.9. The van der Waals surface area contributed by atoms with E-state index in [0.717, 1.165) is 18.2 Å². The van der Waals surface area contributed by atoms with E-state index in [0.29, 0.717) is 0 Å². The van der Waals surface area contributed by atoms with Gasteiger partial charge in [0.1, 0.15) is 24.7 Å². The van der Waals surface area contributed by atoms with E-state index in [-0.39, 0.29) is 43.2 Å². The van der Waals surface area contributed by atoms with Crippen molar-refractivity contribution in [3.05, 3.63) is 38.9 Å². The highest BCUT2D eigenvalue weighted by atomic mass is 19.4. The molecule has 0 spiro atoms. The Morgan fingerprint density at radius 3 is 2.39 bits per heavy atom. The van der Waals surface area contributed by atoms with E-state index >= 15 is 0 Å². The number of fused-ring (bicyclic) bond motifs is 1. The number of ether oxygens (including phenoxy) is 3. The largest absolute Gasteiger partial charge is 0.573 e. The number of aryl methyl sites for hydroxylation is 1. The Hall–Kier alpha value is -3.23. The summed E-state index contributed by atoms with van der Waals surface area (Å²) in [5.74, 6) is -2.44. The summed E-state index contributed by atoms with van der Waals surface area (Å²) < 4.78 is 91.6. The molecule has 1 unspecified atom stereocenters. The molecule has 0 amide bonds. The first-order valence-electron chi connectivity index (χ1n) is 9.15. The summed E-state index contributed by atoms with van der Waals surface area (Å²) in [5, 5.41) is 9.10. The van der Waals surface area contributed by atoms with E-state index < -0.39 is 41.0 Å². The third kappa shape index (κ3) is 7.69. The molecule has 1 atom stereocenters. The second-order valence-electron chi connectivity index (χ2n) is 6.84. The number of carbonyl (C=O) groups is 1. The molecule has 1 aromatic rings. The predicted octanol–water partition coefficient (Wildman–Crippen LogP) is 3.28. The number of nitrogens with zero attached hydrogens (tertiary/aromatic N) is 2. The summed E-state index contributed by atoms with van der Waals surface area (Å²) in [4.78, 5) is 28.0. The van der Waals surface area contributed by atoms with Crippen LogP contribution in [0.4, 0.5) is 26.3 Å². The summed E-state index contributed by atoms with van der Waals surface area (Å²) in [5.41, 5.74) is -1.25. The van der Waals surface area contributed by atoms with E-state index in [9.17, 15) is 41.3 Å². The Kier molecular flexibility index (Phi) is 8.00. The minimum atomic E-state index is -5.03. The number of hydrogen-bond donors (Lipinski definition) is 0. The van der Waals surface area contributed by atoms with Crippen molar-refractivity contribution in [3.8, 4) is 11.5 Å². The third-order valence-corrected chi connectivity index (χ3v) is 4.25. The molecule has 184 valence electrons. The zero-order valence-electron chi connectivity index (χ0n) is 17.2. The fourth-order valence-corrected chi connectivity index (χ4v) is 2.82. The highest BCUT2D eigenvalue weighted by Crippen LogP contribution is 2.41. The molecule has 0 aliphatic carbocycles. The van der Waals surface area contributed by atoms with Gasteiger partial charge in [0.2, 0.25) is 6.10 Å². The molecular weight excluding hydrogens is 470 g/mol. The van der Waals surface area contributed by atoms with Crippen molar-refractivity contribution in [1.82, 2.24) is 4.90 Å². The van der Waals surface area contributed by atoms with E-state index in [4.69, 9.17) is 9.47 Å². The van der Waals surface area contributed by atoms with Crippen molar-refractivity contribution in [2.75, 3.05) is 33.4 Å². The Morgan fingerprint density at radius 2 is 1.82 bits per heavy atom. The predicted molar refractivity (Wildman–Crippen MR) is 97.7 cm³/mol. The van der Waals surface area contributed by atoms with Gasteiger partial charge in [-0.2, -0.15) is 13.2 Å². The summed E-state index contributed by atoms with van der Waals surface area (Å²) in [7, 11) is 1.50. The molecule has 1 aliphatic rings. The van der Waals surface area contributed by atoms with Gasteiger partial charge in [0.05, 0.1) is 5.57 Å². The molecule has 0 saturated carbocycles. The molecule has 0 aromatic heterocycles. The summed E-state index contributed by atoms with van der Waals surface area (Å²) in [6.45, 7) is 0.663. The first kappa shape index (κ1) is 26.0. The maximum Gasteiger partial charge on any atom is 0.573 e. The van der Waals surface area contributed by atoms with Gasteiger partial charge in [-0.25, -0.2) is 4.79 Å². The Morgan fingerprint density at radius 1 is 1.18 bits per heavy atom. The van der Waals surface area contributed by atoms with Crippen LogP contribution in [0, 0.1) is 17.0 Å². The number of carbonyl (C=O) groups excluding carboxylic acids is 1. The minimum absolute atomic E-state index is 0.0108. The zero-order chi connectivity index (χ0) is 25.0. The van der Waals surface area contributed by atoms with E-state index in [2.05, 4.69) is 9.57 Å². The van der Waals surface area contributed by atoms with Gasteiger partial charge in [0, 0.05) is 18.7 Å². The Balaban J connectivity index is 2.18. The standard InChI is InChI=1S/C18H18F6N2O7/c1-10-7-12(33-18(22,23)24)8-11-9-13(15(17(19,20)21)32-14(10)11)16(27)30-5-3-25(2)4-6-31-26(28)29/h7-9,15H,3-6H2,1-2H3. The molecule has 0 N–H and O–H groups in total. The lowest BCUT2D eigenvalue weighted by atomic mass is 9.99. The van der Waals surface area contributed by atoms with E-state index in [1.165, 1.54) is 18.9 Å². The van der Waals surface area contributed by atoms with Crippen molar-refractivity contribution >= 4 is 12.0 Å². The Bertz CT molecular complexity index is 917. The number of benzene rings is 1. The van der Waals surface area contributed by atoms with Gasteiger partial charge in [0.15, 0.2) is 0 Å². The van der Waals surface area contributed by atoms with Crippen molar-refractivity contribution in [1.29, 1.82) is 0 Å². The van der Waals surface area contributed by atoms with Gasteiger partial charge >= 0.3 is 18.5 Å². The summed E-state index contributed by atoms with van der Waals surface area (Å²) in [6, 6.07) is 1.65. The highest BCUT2D eigenvalue weighted by Gasteiger charge is 2.49. The van der Waals surface area contributed by atoms with Crippen LogP contribution < -0.4 is 9.47 Å². The third-order valence-electron chi connectivity index (χ3n) is 4.25. The first-order valence-corrected chi connectivity index (χ1v) is 9.15. The molecule has 0 saturated heterocycles. The zero-order valence-corrected chi connectivity index (χ0v) is 17.2. The van der Waals surface area contributed by atoms with Gasteiger partial charge in [-0.1, -0.05) is 0 Å². The van der Waals surface area contributed by atoms with E-state index in [1.807, 2.05) is 0 Å². The summed E-state index contributed by atoms with van der Waals surface area (Å²) >= 11 is 0. The van der Waals surface area contributed by atoms with Crippen molar-refractivity contribution in [2.45, 2.75) is 25.6 Å². The van der Waals surface area contributed by atoms with Gasteiger partial charge < -0.3 is 23.9 Å². The molecule has 15 heteroatoms. The van der Waals surface area contributed by atoms with Crippen molar-refractivity contribution in [3.63, 3.8) is 0 Å². The molecule has 2 rings (SSSR count). The van der Waals surface area contributed by atoms with Crippen LogP contribution in [0.25, 0.3) is 6.08 Å². The van der Waals surface area contributed by atoms with Crippen molar-refractivity contribution < 1.29 is 55.3 Å². The van der Waals surface area contributed by atoms with Crippen LogP contribution in [-0.2, 0) is 14.4 Å². The molecule has 0 fully saturated rings. The maximum atomic E-state index is 13.5. The van der Waals surface area contributed by atoms with Crippen LogP contribution in [0.3, 0.4) is 0 Å². The molecule has 9 nitrogen and oxygen atoms in total. The lowest BCUT2D eigenvalue weighted by Gasteiger charge is -2.29. The van der Waals surface area contributed by atoms with Crippen LogP contribution in [0.2, 0.25) is 0 Å². The lowest BCUT2D eigenvalue weighted by molar-refractivity contribution is -0.757. The Labute approximate surface area is 182 Å². The minimum Gasteiger partial charge on any atom is -0.475 e. The van der Waals surface area contributed by atoms with Crippen LogP contribution in [0.1, 0.15) is 11.1 Å².